The maximum Gasteiger partial charge on any atom is 0.295 e. The first-order valence-corrected chi connectivity index (χ1v) is 14.2. The van der Waals surface area contributed by atoms with Crippen molar-refractivity contribution in [2.24, 2.45) is 0 Å². The number of likely N-dealkylation sites (tertiary alicyclic amines) is 1. The van der Waals surface area contributed by atoms with Gasteiger partial charge in [-0.15, -0.1) is 0 Å². The van der Waals surface area contributed by atoms with E-state index < -0.39 is 17.7 Å². The van der Waals surface area contributed by atoms with Gasteiger partial charge in [0.1, 0.15) is 30.5 Å². The Balaban J connectivity index is 1.46. The Morgan fingerprint density at radius 1 is 0.976 bits per heavy atom. The van der Waals surface area contributed by atoms with Crippen LogP contribution in [0.25, 0.3) is 5.76 Å². The Kier molecular flexibility index (Phi) is 9.36. The van der Waals surface area contributed by atoms with Crippen molar-refractivity contribution in [3.63, 3.8) is 0 Å². The minimum atomic E-state index is -0.745. The second-order valence-electron chi connectivity index (χ2n) is 10.4. The van der Waals surface area contributed by atoms with Gasteiger partial charge in [0.2, 0.25) is 0 Å². The molecule has 1 unspecified atom stereocenters. The highest BCUT2D eigenvalue weighted by molar-refractivity contribution is 6.46. The van der Waals surface area contributed by atoms with E-state index in [4.69, 9.17) is 14.2 Å². The van der Waals surface area contributed by atoms with E-state index in [9.17, 15) is 14.7 Å². The number of rotatable bonds is 11. The Morgan fingerprint density at radius 2 is 1.69 bits per heavy atom. The molecule has 2 aliphatic rings. The highest BCUT2D eigenvalue weighted by Crippen LogP contribution is 2.40. The van der Waals surface area contributed by atoms with Crippen LogP contribution < -0.4 is 9.47 Å². The molecule has 1 atom stereocenters. The predicted octanol–water partition coefficient (Wildman–Crippen LogP) is 4.89. The number of hydrogen-bond acceptors (Lipinski definition) is 7. The Bertz CT molecular complexity index is 1440. The number of aliphatic hydroxyl groups is 1. The van der Waals surface area contributed by atoms with Gasteiger partial charge in [-0.2, -0.15) is 0 Å². The zero-order chi connectivity index (χ0) is 29.5. The number of carbonyl (C=O) groups excluding carboxylic acids is 2. The summed E-state index contributed by atoms with van der Waals surface area (Å²) in [6, 6.07) is 21.7. The van der Waals surface area contributed by atoms with Crippen LogP contribution in [0.3, 0.4) is 0 Å². The first kappa shape index (κ1) is 29.1. The highest BCUT2D eigenvalue weighted by atomic mass is 16.5. The molecule has 0 aliphatic carbocycles. The highest BCUT2D eigenvalue weighted by Gasteiger charge is 2.46. The van der Waals surface area contributed by atoms with E-state index in [1.165, 1.54) is 0 Å². The van der Waals surface area contributed by atoms with Crippen molar-refractivity contribution in [1.29, 1.82) is 0 Å². The smallest absolute Gasteiger partial charge is 0.295 e. The summed E-state index contributed by atoms with van der Waals surface area (Å²) in [5, 5.41) is 11.6. The Labute approximate surface area is 246 Å². The average Bonchev–Trinajstić information content (AvgIpc) is 3.28. The van der Waals surface area contributed by atoms with Crippen LogP contribution >= 0.6 is 0 Å². The quantitative estimate of drug-likeness (QED) is 0.152. The molecule has 1 amide bonds. The molecule has 0 radical (unpaired) electrons. The molecular formula is C34H36N2O6. The van der Waals surface area contributed by atoms with Gasteiger partial charge in [0.25, 0.3) is 11.7 Å². The minimum absolute atomic E-state index is 0.0720. The molecule has 0 saturated carbocycles. The van der Waals surface area contributed by atoms with Crippen LogP contribution in [-0.2, 0) is 20.9 Å². The third-order valence-electron chi connectivity index (χ3n) is 7.57. The molecule has 2 saturated heterocycles. The number of carbonyl (C=O) groups is 2. The lowest BCUT2D eigenvalue weighted by molar-refractivity contribution is -0.140. The molecule has 0 bridgehead atoms. The lowest BCUT2D eigenvalue weighted by atomic mass is 9.94. The number of aliphatic hydroxyl groups excluding tert-OH is 1. The van der Waals surface area contributed by atoms with Crippen molar-refractivity contribution in [1.82, 2.24) is 9.80 Å². The zero-order valence-corrected chi connectivity index (χ0v) is 23.8. The number of Topliss-reactive ketones (excluding diaryl/α,β-unsaturated/α-hetero) is 1. The van der Waals surface area contributed by atoms with E-state index in [-0.39, 0.29) is 11.3 Å². The molecule has 42 heavy (non-hydrogen) atoms. The van der Waals surface area contributed by atoms with Crippen molar-refractivity contribution in [3.8, 4) is 11.5 Å². The van der Waals surface area contributed by atoms with Crippen LogP contribution in [0.15, 0.2) is 91.0 Å². The first-order valence-electron chi connectivity index (χ1n) is 14.2. The second-order valence-corrected chi connectivity index (χ2v) is 10.4. The van der Waals surface area contributed by atoms with E-state index in [0.717, 1.165) is 24.2 Å². The fraction of sp³-hybridized carbons (Fsp3) is 0.294. The van der Waals surface area contributed by atoms with Crippen molar-refractivity contribution in [2.45, 2.75) is 19.6 Å². The number of morpholine rings is 1. The second kappa shape index (κ2) is 13.5. The molecule has 218 valence electrons. The topological polar surface area (TPSA) is 88.5 Å². The summed E-state index contributed by atoms with van der Waals surface area (Å²) >= 11 is 0. The summed E-state index contributed by atoms with van der Waals surface area (Å²) in [6.45, 7) is 10.0. The normalized spacial score (nSPS) is 18.7. The van der Waals surface area contributed by atoms with Crippen molar-refractivity contribution >= 4 is 17.4 Å². The fourth-order valence-electron chi connectivity index (χ4n) is 5.31. The standard InChI is InChI=1S/C34H36N2O6/c1-3-19-41-28-13-14-29(24(2)22-28)32(37)30-31(36(34(39)33(30)38)16-15-35-17-20-40-21-18-35)26-9-11-27(12-10-26)42-23-25-7-5-4-6-8-25/h3-14,22,31,37H,1,15-21,23H2,2H3/b32-30+. The summed E-state index contributed by atoms with van der Waals surface area (Å²) in [4.78, 5) is 30.7. The molecule has 1 N–H and O–H groups in total. The van der Waals surface area contributed by atoms with Crippen LogP contribution in [0.4, 0.5) is 0 Å². The third kappa shape index (κ3) is 6.56. The number of aryl methyl sites for hydroxylation is 1. The molecule has 3 aromatic carbocycles. The molecule has 0 spiro atoms. The fourth-order valence-corrected chi connectivity index (χ4v) is 5.31. The summed E-state index contributed by atoms with van der Waals surface area (Å²) < 4.78 is 17.0. The van der Waals surface area contributed by atoms with Gasteiger partial charge < -0.3 is 24.2 Å². The number of ketones is 1. The molecular weight excluding hydrogens is 532 g/mol. The van der Waals surface area contributed by atoms with E-state index >= 15 is 0 Å². The Morgan fingerprint density at radius 3 is 2.38 bits per heavy atom. The minimum Gasteiger partial charge on any atom is -0.507 e. The average molecular weight is 569 g/mol. The van der Waals surface area contributed by atoms with E-state index in [0.29, 0.717) is 62.1 Å². The van der Waals surface area contributed by atoms with Crippen molar-refractivity contribution < 1.29 is 28.9 Å². The number of hydrogen-bond donors (Lipinski definition) is 1. The van der Waals surface area contributed by atoms with Gasteiger partial charge in [-0.3, -0.25) is 14.5 Å². The Hall–Kier alpha value is -4.40. The largest absolute Gasteiger partial charge is 0.507 e. The van der Waals surface area contributed by atoms with Crippen LogP contribution in [0.1, 0.15) is 28.3 Å². The maximum atomic E-state index is 13.5. The van der Waals surface area contributed by atoms with Gasteiger partial charge in [-0.05, 0) is 53.9 Å². The van der Waals surface area contributed by atoms with Gasteiger partial charge in [-0.1, -0.05) is 55.1 Å². The lowest BCUT2D eigenvalue weighted by Gasteiger charge is -2.31. The monoisotopic (exact) mass is 568 g/mol. The van der Waals surface area contributed by atoms with E-state index in [1.54, 1.807) is 29.2 Å². The maximum absolute atomic E-state index is 13.5. The summed E-state index contributed by atoms with van der Waals surface area (Å²) in [6.07, 6.45) is 1.65. The number of ether oxygens (including phenoxy) is 3. The summed E-state index contributed by atoms with van der Waals surface area (Å²) in [5.41, 5.74) is 3.03. The van der Waals surface area contributed by atoms with Crippen molar-refractivity contribution in [2.75, 3.05) is 46.0 Å². The van der Waals surface area contributed by atoms with E-state index in [1.807, 2.05) is 61.5 Å². The number of amides is 1. The molecule has 3 aromatic rings. The molecule has 2 heterocycles. The van der Waals surface area contributed by atoms with Crippen molar-refractivity contribution in [3.05, 3.63) is 113 Å². The molecule has 2 fully saturated rings. The van der Waals surface area contributed by atoms with Crippen LogP contribution in [-0.4, -0.2) is 72.6 Å². The van der Waals surface area contributed by atoms with Gasteiger partial charge in [0.05, 0.1) is 24.8 Å². The van der Waals surface area contributed by atoms with Gasteiger partial charge in [0, 0.05) is 31.7 Å². The number of benzene rings is 3. The summed E-state index contributed by atoms with van der Waals surface area (Å²) in [7, 11) is 0. The van der Waals surface area contributed by atoms with Crippen LogP contribution in [0, 0.1) is 6.92 Å². The molecule has 0 aromatic heterocycles. The lowest BCUT2D eigenvalue weighted by Crippen LogP contribution is -2.42. The van der Waals surface area contributed by atoms with E-state index in [2.05, 4.69) is 11.5 Å². The zero-order valence-electron chi connectivity index (χ0n) is 23.8. The molecule has 5 rings (SSSR count). The summed E-state index contributed by atoms with van der Waals surface area (Å²) in [5.74, 6) is -0.237. The SMILES string of the molecule is C=CCOc1ccc(/C(O)=C2\C(=O)C(=O)N(CCN3CCOCC3)C2c2ccc(OCc3ccccc3)cc2)c(C)c1. The number of nitrogens with zero attached hydrogens (tertiary/aromatic N) is 2. The van der Waals surface area contributed by atoms with Gasteiger partial charge in [0.15, 0.2) is 0 Å². The van der Waals surface area contributed by atoms with Crippen LogP contribution in [0.2, 0.25) is 0 Å². The van der Waals surface area contributed by atoms with Gasteiger partial charge in [-0.25, -0.2) is 0 Å². The molecule has 8 nitrogen and oxygen atoms in total. The molecule has 8 heteroatoms. The molecule has 2 aliphatic heterocycles. The first-order chi connectivity index (χ1) is 20.5. The van der Waals surface area contributed by atoms with Crippen LogP contribution in [0.5, 0.6) is 11.5 Å². The predicted molar refractivity (Wildman–Crippen MR) is 160 cm³/mol. The third-order valence-corrected chi connectivity index (χ3v) is 7.57. The van der Waals surface area contributed by atoms with Gasteiger partial charge >= 0.3 is 0 Å².